The van der Waals surface area contributed by atoms with Crippen molar-refractivity contribution in [1.82, 2.24) is 14.8 Å². The summed E-state index contributed by atoms with van der Waals surface area (Å²) < 4.78 is 24.4. The highest BCUT2D eigenvalue weighted by Crippen LogP contribution is 2.27. The average Bonchev–Trinajstić information content (AvgIpc) is 2.56. The summed E-state index contributed by atoms with van der Waals surface area (Å²) in [5.74, 6) is 1.05. The normalized spacial score (nSPS) is 11.7. The van der Waals surface area contributed by atoms with Gasteiger partial charge in [-0.3, -0.25) is 0 Å². The van der Waals surface area contributed by atoms with E-state index in [0.717, 1.165) is 0 Å². The Hall–Kier alpha value is -1.40. The third-order valence-electron chi connectivity index (χ3n) is 2.26. The van der Waals surface area contributed by atoms with E-state index in [1.165, 1.54) is 10.7 Å². The first-order valence-electron chi connectivity index (χ1n) is 4.81. The van der Waals surface area contributed by atoms with E-state index >= 15 is 0 Å². The highest BCUT2D eigenvalue weighted by Gasteiger charge is 2.19. The van der Waals surface area contributed by atoms with Gasteiger partial charge in [0, 0.05) is 23.3 Å². The summed E-state index contributed by atoms with van der Waals surface area (Å²) in [7, 11) is 3.29. The van der Waals surface area contributed by atoms with E-state index < -0.39 is 9.05 Å². The molecule has 0 fully saturated rings. The van der Waals surface area contributed by atoms with E-state index in [0.29, 0.717) is 17.2 Å². The van der Waals surface area contributed by atoms with Crippen LogP contribution in [0.25, 0.3) is 11.4 Å². The zero-order valence-electron chi connectivity index (χ0n) is 9.25. The van der Waals surface area contributed by atoms with Crippen LogP contribution in [0.15, 0.2) is 29.2 Å². The predicted octanol–water partition coefficient (Wildman–Crippen LogP) is 1.72. The van der Waals surface area contributed by atoms with Crippen LogP contribution in [0.5, 0.6) is 0 Å². The first-order valence-corrected chi connectivity index (χ1v) is 7.12. The molecule has 0 aliphatic rings. The molecule has 1 aromatic carbocycles. The van der Waals surface area contributed by atoms with Crippen LogP contribution in [-0.4, -0.2) is 23.2 Å². The molecule has 0 bridgehead atoms. The molecule has 1 aromatic heterocycles. The van der Waals surface area contributed by atoms with Crippen molar-refractivity contribution in [2.75, 3.05) is 0 Å². The molecule has 2 aromatic rings. The molecule has 0 saturated carbocycles. The maximum atomic E-state index is 11.5. The van der Waals surface area contributed by atoms with Gasteiger partial charge in [0.25, 0.3) is 9.05 Å². The van der Waals surface area contributed by atoms with Crippen molar-refractivity contribution in [3.05, 3.63) is 30.1 Å². The highest BCUT2D eigenvalue weighted by molar-refractivity contribution is 8.13. The molecule has 0 N–H and O–H groups in total. The molecule has 0 amide bonds. The monoisotopic (exact) mass is 271 g/mol. The predicted molar refractivity (Wildman–Crippen MR) is 64.2 cm³/mol. The van der Waals surface area contributed by atoms with Crippen LogP contribution in [0.4, 0.5) is 0 Å². The minimum atomic E-state index is -3.80. The molecular weight excluding hydrogens is 262 g/mol. The molecule has 0 radical (unpaired) electrons. The first-order chi connectivity index (χ1) is 7.89. The Balaban J connectivity index is 2.73. The van der Waals surface area contributed by atoms with Gasteiger partial charge in [0.1, 0.15) is 5.82 Å². The second-order valence-electron chi connectivity index (χ2n) is 3.54. The Bertz CT molecular complexity index is 664. The molecule has 7 heteroatoms. The van der Waals surface area contributed by atoms with E-state index in [9.17, 15) is 8.42 Å². The van der Waals surface area contributed by atoms with E-state index in [2.05, 4.69) is 10.1 Å². The van der Waals surface area contributed by atoms with Gasteiger partial charge < -0.3 is 0 Å². The summed E-state index contributed by atoms with van der Waals surface area (Å²) >= 11 is 0. The van der Waals surface area contributed by atoms with Gasteiger partial charge in [-0.2, -0.15) is 5.10 Å². The number of aryl methyl sites for hydroxylation is 2. The van der Waals surface area contributed by atoms with E-state index in [1.54, 1.807) is 32.2 Å². The topological polar surface area (TPSA) is 64.8 Å². The van der Waals surface area contributed by atoms with Gasteiger partial charge in [0.05, 0.1) is 4.90 Å². The van der Waals surface area contributed by atoms with Gasteiger partial charge in [-0.15, -0.1) is 0 Å². The van der Waals surface area contributed by atoms with Crippen molar-refractivity contribution in [1.29, 1.82) is 0 Å². The fourth-order valence-electron chi connectivity index (χ4n) is 1.61. The van der Waals surface area contributed by atoms with Crippen LogP contribution in [0.1, 0.15) is 5.82 Å². The van der Waals surface area contributed by atoms with Crippen LogP contribution < -0.4 is 0 Å². The summed E-state index contributed by atoms with van der Waals surface area (Å²) in [5.41, 5.74) is 0.450. The summed E-state index contributed by atoms with van der Waals surface area (Å²) in [4.78, 5) is 4.22. The summed E-state index contributed by atoms with van der Waals surface area (Å²) in [6.07, 6.45) is 0. The van der Waals surface area contributed by atoms with Crippen molar-refractivity contribution in [3.8, 4) is 11.4 Å². The summed E-state index contributed by atoms with van der Waals surface area (Å²) in [5, 5.41) is 4.08. The van der Waals surface area contributed by atoms with Gasteiger partial charge in [0.2, 0.25) is 0 Å². The summed E-state index contributed by atoms with van der Waals surface area (Å²) in [6.45, 7) is 1.74. The molecule has 5 nitrogen and oxygen atoms in total. The average molecular weight is 272 g/mol. The smallest absolute Gasteiger partial charge is 0.249 e. The largest absolute Gasteiger partial charge is 0.262 e. The molecule has 1 heterocycles. The quantitative estimate of drug-likeness (QED) is 0.780. The maximum Gasteiger partial charge on any atom is 0.262 e. The maximum absolute atomic E-state index is 11.5. The van der Waals surface area contributed by atoms with Crippen molar-refractivity contribution in [2.24, 2.45) is 7.05 Å². The molecular formula is C10H10ClN3O2S. The van der Waals surface area contributed by atoms with Gasteiger partial charge in [-0.1, -0.05) is 12.1 Å². The van der Waals surface area contributed by atoms with Crippen LogP contribution in [0.2, 0.25) is 0 Å². The van der Waals surface area contributed by atoms with Crippen LogP contribution in [0, 0.1) is 6.92 Å². The number of hydrogen-bond acceptors (Lipinski definition) is 4. The van der Waals surface area contributed by atoms with Crippen LogP contribution in [0.3, 0.4) is 0 Å². The molecule has 0 saturated heterocycles. The molecule has 0 atom stereocenters. The summed E-state index contributed by atoms with van der Waals surface area (Å²) in [6, 6.07) is 6.44. The molecule has 0 spiro atoms. The van der Waals surface area contributed by atoms with E-state index in [4.69, 9.17) is 10.7 Å². The Labute approximate surface area is 103 Å². The van der Waals surface area contributed by atoms with Crippen LogP contribution >= 0.6 is 10.7 Å². The SMILES string of the molecule is Cc1nc(-c2ccccc2S(=O)(=O)Cl)n(C)n1. The zero-order valence-corrected chi connectivity index (χ0v) is 10.8. The Kier molecular flexibility index (Phi) is 2.92. The Morgan fingerprint density at radius 2 is 1.94 bits per heavy atom. The lowest BCUT2D eigenvalue weighted by Gasteiger charge is -2.04. The van der Waals surface area contributed by atoms with Crippen molar-refractivity contribution < 1.29 is 8.42 Å². The molecule has 2 rings (SSSR count). The third kappa shape index (κ3) is 2.32. The minimum absolute atomic E-state index is 0.0390. The standard InChI is InChI=1S/C10H10ClN3O2S/c1-7-12-10(14(2)13-7)8-5-3-4-6-9(8)17(11,15)16/h3-6H,1-2H3. The molecule has 0 aliphatic heterocycles. The lowest BCUT2D eigenvalue weighted by atomic mass is 10.2. The zero-order chi connectivity index (χ0) is 12.6. The Morgan fingerprint density at radius 1 is 1.29 bits per heavy atom. The van der Waals surface area contributed by atoms with Gasteiger partial charge >= 0.3 is 0 Å². The number of hydrogen-bond donors (Lipinski definition) is 0. The molecule has 0 aliphatic carbocycles. The van der Waals surface area contributed by atoms with E-state index in [1.807, 2.05) is 0 Å². The Morgan fingerprint density at radius 3 is 2.47 bits per heavy atom. The number of rotatable bonds is 2. The first kappa shape index (κ1) is 12.1. The van der Waals surface area contributed by atoms with Crippen molar-refractivity contribution in [2.45, 2.75) is 11.8 Å². The fourth-order valence-corrected chi connectivity index (χ4v) is 2.68. The third-order valence-corrected chi connectivity index (χ3v) is 3.64. The second-order valence-corrected chi connectivity index (χ2v) is 6.07. The number of benzene rings is 1. The number of aromatic nitrogens is 3. The number of halogens is 1. The van der Waals surface area contributed by atoms with Crippen LogP contribution in [-0.2, 0) is 16.1 Å². The lowest BCUT2D eigenvalue weighted by Crippen LogP contribution is -2.00. The number of nitrogens with zero attached hydrogens (tertiary/aromatic N) is 3. The minimum Gasteiger partial charge on any atom is -0.249 e. The van der Waals surface area contributed by atoms with Crippen molar-refractivity contribution in [3.63, 3.8) is 0 Å². The fraction of sp³-hybridized carbons (Fsp3) is 0.200. The molecule has 0 unspecified atom stereocenters. The van der Waals surface area contributed by atoms with E-state index in [-0.39, 0.29) is 4.90 Å². The highest BCUT2D eigenvalue weighted by atomic mass is 35.7. The van der Waals surface area contributed by atoms with Gasteiger partial charge in [-0.05, 0) is 19.1 Å². The van der Waals surface area contributed by atoms with Gasteiger partial charge in [-0.25, -0.2) is 18.1 Å². The van der Waals surface area contributed by atoms with Gasteiger partial charge in [0.15, 0.2) is 5.82 Å². The molecule has 90 valence electrons. The second kappa shape index (κ2) is 4.12. The lowest BCUT2D eigenvalue weighted by molar-refractivity contribution is 0.609. The van der Waals surface area contributed by atoms with Crippen molar-refractivity contribution >= 4 is 19.7 Å². The molecule has 17 heavy (non-hydrogen) atoms.